The van der Waals surface area contributed by atoms with Gasteiger partial charge < -0.3 is 14.2 Å². The quantitative estimate of drug-likeness (QED) is 0.607. The van der Waals surface area contributed by atoms with Crippen LogP contribution < -0.4 is 10.4 Å². The number of amides is 1. The zero-order valence-corrected chi connectivity index (χ0v) is 22.0. The maximum absolute atomic E-state index is 14.2. The van der Waals surface area contributed by atoms with E-state index in [1.165, 1.54) is 37.9 Å². The fraction of sp³-hybridized carbons (Fsp3) is 0.759. The third kappa shape index (κ3) is 3.28. The summed E-state index contributed by atoms with van der Waals surface area (Å²) in [7, 11) is -0.389. The zero-order chi connectivity index (χ0) is 24.2. The van der Waals surface area contributed by atoms with Crippen molar-refractivity contribution >= 4 is 24.2 Å². The lowest BCUT2D eigenvalue weighted by Gasteiger charge is -2.54. The molecule has 1 aromatic carbocycles. The van der Waals surface area contributed by atoms with Crippen molar-refractivity contribution in [2.45, 2.75) is 114 Å². The Morgan fingerprint density at radius 1 is 0.857 bits per heavy atom. The Morgan fingerprint density at radius 3 is 2.11 bits per heavy atom. The molecule has 3 aliphatic carbocycles. The number of carbonyl (C=O) groups excluding carboxylic acids is 1. The predicted octanol–water partition coefficient (Wildman–Crippen LogP) is 4.41. The van der Waals surface area contributed by atoms with Crippen LogP contribution in [0.4, 0.5) is 5.69 Å². The summed E-state index contributed by atoms with van der Waals surface area (Å²) in [6, 6.07) is 7.64. The third-order valence-corrected chi connectivity index (χ3v) is 10.9. The van der Waals surface area contributed by atoms with Gasteiger partial charge in [-0.05, 0) is 95.1 Å². The van der Waals surface area contributed by atoms with Crippen molar-refractivity contribution < 1.29 is 14.1 Å². The molecule has 1 aromatic rings. The molecule has 188 valence electrons. The van der Waals surface area contributed by atoms with Crippen molar-refractivity contribution in [3.63, 3.8) is 0 Å². The predicted molar refractivity (Wildman–Crippen MR) is 139 cm³/mol. The lowest BCUT2D eigenvalue weighted by molar-refractivity contribution is -0.125. The summed E-state index contributed by atoms with van der Waals surface area (Å²) in [5.74, 6) is 2.26. The van der Waals surface area contributed by atoms with Gasteiger partial charge in [0.05, 0.1) is 16.6 Å². The minimum Gasteiger partial charge on any atom is -0.399 e. The smallest absolute Gasteiger partial charge is 0.399 e. The van der Waals surface area contributed by atoms with Crippen molar-refractivity contribution in [3.05, 3.63) is 23.8 Å². The van der Waals surface area contributed by atoms with Gasteiger partial charge in [0, 0.05) is 30.9 Å². The van der Waals surface area contributed by atoms with Crippen LogP contribution >= 0.6 is 0 Å². The largest absolute Gasteiger partial charge is 0.494 e. The fourth-order valence-corrected chi connectivity index (χ4v) is 8.01. The molecule has 0 N–H and O–H groups in total. The first-order chi connectivity index (χ1) is 16.7. The monoisotopic (exact) mass is 476 g/mol. The Balaban J connectivity index is 1.18. The van der Waals surface area contributed by atoms with Crippen LogP contribution in [0.1, 0.15) is 91.0 Å². The molecular formula is C29H41BN2O3. The molecule has 7 aliphatic rings. The number of nitrogens with zero attached hydrogens (tertiary/aromatic N) is 2. The van der Waals surface area contributed by atoms with Gasteiger partial charge in [0.25, 0.3) is 0 Å². The van der Waals surface area contributed by atoms with E-state index < -0.39 is 0 Å². The highest BCUT2D eigenvalue weighted by atomic mass is 16.7. The molecule has 3 saturated carbocycles. The topological polar surface area (TPSA) is 42.0 Å². The lowest BCUT2D eigenvalue weighted by Crippen LogP contribution is -2.61. The summed E-state index contributed by atoms with van der Waals surface area (Å²) in [6.45, 7) is 11.0. The van der Waals surface area contributed by atoms with Gasteiger partial charge in [0.1, 0.15) is 0 Å². The number of benzene rings is 1. The highest BCUT2D eigenvalue weighted by Gasteiger charge is 2.56. The van der Waals surface area contributed by atoms with Crippen LogP contribution in [-0.4, -0.2) is 54.3 Å². The molecule has 2 bridgehead atoms. The fourth-order valence-electron chi connectivity index (χ4n) is 8.01. The van der Waals surface area contributed by atoms with E-state index in [-0.39, 0.29) is 23.7 Å². The second-order valence-electron chi connectivity index (χ2n) is 13.6. The number of hydrogen-bond donors (Lipinski definition) is 0. The standard InChI is InChI=1S/C29H41BN2O3/c1-27(2)28(3,4)35-30(34-27)21-8-9-24-25(14-21)32(26(33)29(24)10-6-5-7-11-29)23-15-22(16-23)31-17-19-12-20(13-19)18-31/h8-9,14,19-20,22-23H,5-7,10-13,15-18H2,1-4H3. The molecule has 5 nitrogen and oxygen atoms in total. The molecule has 4 aliphatic heterocycles. The minimum absolute atomic E-state index is 0.306. The summed E-state index contributed by atoms with van der Waals surface area (Å²) in [4.78, 5) is 19.2. The number of piperidine rings is 2. The van der Waals surface area contributed by atoms with Crippen LogP contribution in [-0.2, 0) is 19.5 Å². The van der Waals surface area contributed by atoms with Crippen LogP contribution in [0.5, 0.6) is 0 Å². The van der Waals surface area contributed by atoms with Gasteiger partial charge in [-0.15, -0.1) is 0 Å². The first kappa shape index (κ1) is 22.8. The van der Waals surface area contributed by atoms with Gasteiger partial charge in [-0.25, -0.2) is 0 Å². The van der Waals surface area contributed by atoms with E-state index in [9.17, 15) is 4.79 Å². The molecule has 0 radical (unpaired) electrons. The first-order valence-corrected chi connectivity index (χ1v) is 14.2. The van der Waals surface area contributed by atoms with Crippen molar-refractivity contribution in [2.75, 3.05) is 18.0 Å². The van der Waals surface area contributed by atoms with E-state index in [1.54, 1.807) is 0 Å². The number of hydrogen-bond acceptors (Lipinski definition) is 4. The molecule has 0 atom stereocenters. The van der Waals surface area contributed by atoms with E-state index >= 15 is 0 Å². The molecule has 8 rings (SSSR count). The summed E-state index contributed by atoms with van der Waals surface area (Å²) in [5, 5.41) is 0. The number of fused-ring (bicyclic) bond motifs is 4. The Hall–Kier alpha value is -1.37. The highest BCUT2D eigenvalue weighted by Crippen LogP contribution is 2.53. The van der Waals surface area contributed by atoms with E-state index in [1.807, 2.05) is 0 Å². The van der Waals surface area contributed by atoms with E-state index in [0.29, 0.717) is 18.0 Å². The molecule has 6 heteroatoms. The van der Waals surface area contributed by atoms with E-state index in [0.717, 1.165) is 61.5 Å². The van der Waals surface area contributed by atoms with Gasteiger partial charge in [-0.3, -0.25) is 9.69 Å². The molecule has 0 unspecified atom stereocenters. The maximum atomic E-state index is 14.2. The lowest BCUT2D eigenvalue weighted by atomic mass is 9.69. The molecule has 35 heavy (non-hydrogen) atoms. The van der Waals surface area contributed by atoms with Crippen LogP contribution in [0.15, 0.2) is 18.2 Å². The number of carbonyl (C=O) groups is 1. The minimum atomic E-state index is -0.389. The van der Waals surface area contributed by atoms with Crippen molar-refractivity contribution in [2.24, 2.45) is 11.8 Å². The SMILES string of the molecule is CC1(C)OB(c2ccc3c(c2)N(C2CC(N4CC5CC(C5)C4)C2)C(=O)C32CCCCC2)OC1(C)C. The van der Waals surface area contributed by atoms with E-state index in [4.69, 9.17) is 9.31 Å². The molecule has 1 amide bonds. The van der Waals surface area contributed by atoms with Crippen LogP contribution in [0.25, 0.3) is 0 Å². The normalized spacial score (nSPS) is 36.7. The second kappa shape index (κ2) is 7.58. The highest BCUT2D eigenvalue weighted by molar-refractivity contribution is 6.62. The Morgan fingerprint density at radius 2 is 1.49 bits per heavy atom. The third-order valence-electron chi connectivity index (χ3n) is 10.9. The molecule has 3 saturated heterocycles. The Labute approximate surface area is 211 Å². The Bertz CT molecular complexity index is 1010. The van der Waals surface area contributed by atoms with Crippen molar-refractivity contribution in [3.8, 4) is 0 Å². The summed E-state index contributed by atoms with van der Waals surface area (Å²) >= 11 is 0. The second-order valence-corrected chi connectivity index (χ2v) is 13.6. The zero-order valence-electron chi connectivity index (χ0n) is 22.0. The molecule has 0 aromatic heterocycles. The van der Waals surface area contributed by atoms with Crippen LogP contribution in [0.2, 0.25) is 0 Å². The van der Waals surface area contributed by atoms with Crippen molar-refractivity contribution in [1.29, 1.82) is 0 Å². The summed E-state index contributed by atoms with van der Waals surface area (Å²) in [5.41, 5.74) is 2.42. The number of anilines is 1. The molecule has 1 spiro atoms. The molecular weight excluding hydrogens is 435 g/mol. The number of rotatable bonds is 3. The van der Waals surface area contributed by atoms with Crippen LogP contribution in [0, 0.1) is 11.8 Å². The first-order valence-electron chi connectivity index (χ1n) is 14.2. The molecule has 4 heterocycles. The average Bonchev–Trinajstić information content (AvgIpc) is 3.14. The van der Waals surface area contributed by atoms with Gasteiger partial charge >= 0.3 is 7.12 Å². The van der Waals surface area contributed by atoms with Crippen LogP contribution in [0.3, 0.4) is 0 Å². The van der Waals surface area contributed by atoms with Crippen molar-refractivity contribution in [1.82, 2.24) is 4.90 Å². The summed E-state index contributed by atoms with van der Waals surface area (Å²) < 4.78 is 12.8. The van der Waals surface area contributed by atoms with E-state index in [2.05, 4.69) is 55.7 Å². The van der Waals surface area contributed by atoms with Gasteiger partial charge in [0.2, 0.25) is 5.91 Å². The average molecular weight is 476 g/mol. The van der Waals surface area contributed by atoms with Gasteiger partial charge in [-0.2, -0.15) is 0 Å². The van der Waals surface area contributed by atoms with Gasteiger partial charge in [-0.1, -0.05) is 31.4 Å². The maximum Gasteiger partial charge on any atom is 0.494 e. The van der Waals surface area contributed by atoms with Gasteiger partial charge in [0.15, 0.2) is 0 Å². The Kier molecular flexibility index (Phi) is 4.94. The summed E-state index contributed by atoms with van der Waals surface area (Å²) in [6.07, 6.45) is 10.7. The molecule has 6 fully saturated rings.